The molecule has 2 aromatic carbocycles. The molecular formula is C19H21ClN4O2. The highest BCUT2D eigenvalue weighted by Crippen LogP contribution is 2.14. The van der Waals surface area contributed by atoms with Gasteiger partial charge in [0.2, 0.25) is 5.91 Å². The summed E-state index contributed by atoms with van der Waals surface area (Å²) in [7, 11) is 3.93. The number of rotatable bonds is 7. The van der Waals surface area contributed by atoms with Gasteiger partial charge in [0.05, 0.1) is 16.8 Å². The Morgan fingerprint density at radius 3 is 2.46 bits per heavy atom. The maximum absolute atomic E-state index is 12.0. The Labute approximate surface area is 157 Å². The highest BCUT2D eigenvalue weighted by Gasteiger charge is 2.09. The fourth-order valence-electron chi connectivity index (χ4n) is 2.12. The topological polar surface area (TPSA) is 73.8 Å². The monoisotopic (exact) mass is 372 g/mol. The second-order valence-corrected chi connectivity index (χ2v) is 6.17. The SMILES string of the molecule is CN(C)c1ccc(C=NNC(=O)CCNC(=O)c2ccccc2Cl)cc1. The predicted octanol–water partition coefficient (Wildman–Crippen LogP) is 2.68. The molecule has 0 spiro atoms. The van der Waals surface area contributed by atoms with E-state index in [9.17, 15) is 9.59 Å². The maximum Gasteiger partial charge on any atom is 0.252 e. The fourth-order valence-corrected chi connectivity index (χ4v) is 2.34. The lowest BCUT2D eigenvalue weighted by Gasteiger charge is -2.11. The van der Waals surface area contributed by atoms with Crippen LogP contribution in [0.4, 0.5) is 5.69 Å². The predicted molar refractivity (Wildman–Crippen MR) is 105 cm³/mol. The van der Waals surface area contributed by atoms with E-state index in [1.54, 1.807) is 30.5 Å². The minimum atomic E-state index is -0.312. The van der Waals surface area contributed by atoms with E-state index in [0.717, 1.165) is 11.3 Å². The summed E-state index contributed by atoms with van der Waals surface area (Å²) in [5.41, 5.74) is 4.78. The average Bonchev–Trinajstić information content (AvgIpc) is 2.62. The van der Waals surface area contributed by atoms with E-state index >= 15 is 0 Å². The number of amides is 2. The molecule has 26 heavy (non-hydrogen) atoms. The second kappa shape index (κ2) is 9.58. The summed E-state index contributed by atoms with van der Waals surface area (Å²) < 4.78 is 0. The summed E-state index contributed by atoms with van der Waals surface area (Å²) in [5, 5.41) is 6.94. The maximum atomic E-state index is 12.0. The molecule has 136 valence electrons. The number of hydrogen-bond donors (Lipinski definition) is 2. The molecule has 2 aromatic rings. The van der Waals surface area contributed by atoms with Crippen LogP contribution in [0.15, 0.2) is 53.6 Å². The van der Waals surface area contributed by atoms with E-state index in [4.69, 9.17) is 11.6 Å². The van der Waals surface area contributed by atoms with Gasteiger partial charge in [-0.2, -0.15) is 5.10 Å². The average molecular weight is 373 g/mol. The third-order valence-electron chi connectivity index (χ3n) is 3.57. The van der Waals surface area contributed by atoms with E-state index < -0.39 is 0 Å². The van der Waals surface area contributed by atoms with Gasteiger partial charge in [-0.3, -0.25) is 9.59 Å². The van der Waals surface area contributed by atoms with Gasteiger partial charge in [-0.15, -0.1) is 0 Å². The van der Waals surface area contributed by atoms with Gasteiger partial charge in [-0.1, -0.05) is 35.9 Å². The van der Waals surface area contributed by atoms with Crippen molar-refractivity contribution in [2.45, 2.75) is 6.42 Å². The Bertz CT molecular complexity index is 788. The first-order chi connectivity index (χ1) is 12.5. The van der Waals surface area contributed by atoms with Crippen LogP contribution in [0.25, 0.3) is 0 Å². The van der Waals surface area contributed by atoms with Gasteiger partial charge < -0.3 is 10.2 Å². The van der Waals surface area contributed by atoms with Crippen LogP contribution in [0.2, 0.25) is 5.02 Å². The van der Waals surface area contributed by atoms with Crippen molar-refractivity contribution in [3.63, 3.8) is 0 Å². The molecule has 0 fully saturated rings. The zero-order valence-electron chi connectivity index (χ0n) is 14.7. The van der Waals surface area contributed by atoms with Crippen molar-refractivity contribution in [3.05, 3.63) is 64.7 Å². The largest absolute Gasteiger partial charge is 0.378 e. The van der Waals surface area contributed by atoms with E-state index in [2.05, 4.69) is 15.8 Å². The summed E-state index contributed by atoms with van der Waals surface area (Å²) in [6.07, 6.45) is 1.69. The molecule has 0 saturated heterocycles. The minimum absolute atomic E-state index is 0.118. The van der Waals surface area contributed by atoms with E-state index in [1.165, 1.54) is 0 Å². The van der Waals surface area contributed by atoms with Crippen LogP contribution < -0.4 is 15.6 Å². The highest BCUT2D eigenvalue weighted by molar-refractivity contribution is 6.33. The zero-order chi connectivity index (χ0) is 18.9. The molecule has 7 heteroatoms. The quantitative estimate of drug-likeness (QED) is 0.579. The zero-order valence-corrected chi connectivity index (χ0v) is 15.5. The van der Waals surface area contributed by atoms with Crippen molar-refractivity contribution in [3.8, 4) is 0 Å². The van der Waals surface area contributed by atoms with Gasteiger partial charge in [0.15, 0.2) is 0 Å². The first-order valence-corrected chi connectivity index (χ1v) is 8.47. The Morgan fingerprint density at radius 1 is 1.12 bits per heavy atom. The number of benzene rings is 2. The molecule has 0 unspecified atom stereocenters. The molecule has 2 amide bonds. The number of carbonyl (C=O) groups excluding carboxylic acids is 2. The van der Waals surface area contributed by atoms with E-state index in [0.29, 0.717) is 10.6 Å². The number of anilines is 1. The first-order valence-electron chi connectivity index (χ1n) is 8.09. The van der Waals surface area contributed by atoms with Crippen molar-refractivity contribution >= 4 is 35.3 Å². The minimum Gasteiger partial charge on any atom is -0.378 e. The summed E-state index contributed by atoms with van der Waals surface area (Å²) in [6.45, 7) is 0.197. The molecule has 0 atom stereocenters. The Kier molecular flexibility index (Phi) is 7.17. The normalized spacial score (nSPS) is 10.6. The Morgan fingerprint density at radius 2 is 1.81 bits per heavy atom. The summed E-state index contributed by atoms with van der Waals surface area (Å²) in [5.74, 6) is -0.599. The second-order valence-electron chi connectivity index (χ2n) is 5.76. The molecule has 0 heterocycles. The standard InChI is InChI=1S/C19H21ClN4O2/c1-24(2)15-9-7-14(8-10-15)13-22-23-18(25)11-12-21-19(26)16-5-3-4-6-17(16)20/h3-10,13H,11-12H2,1-2H3,(H,21,26)(H,23,25). The molecule has 0 aliphatic rings. The molecule has 0 radical (unpaired) electrons. The summed E-state index contributed by atoms with van der Waals surface area (Å²) in [4.78, 5) is 25.7. The molecule has 2 N–H and O–H groups in total. The molecule has 0 aromatic heterocycles. The number of halogens is 1. The van der Waals surface area contributed by atoms with Gasteiger partial charge in [0.1, 0.15) is 0 Å². The van der Waals surface area contributed by atoms with E-state index in [1.807, 2.05) is 43.3 Å². The van der Waals surface area contributed by atoms with Gasteiger partial charge in [0.25, 0.3) is 5.91 Å². The Hall–Kier alpha value is -2.86. The van der Waals surface area contributed by atoms with Gasteiger partial charge in [-0.05, 0) is 29.8 Å². The molecule has 6 nitrogen and oxygen atoms in total. The van der Waals surface area contributed by atoms with Crippen molar-refractivity contribution in [1.82, 2.24) is 10.7 Å². The summed E-state index contributed by atoms with van der Waals surface area (Å²) >= 11 is 5.95. The van der Waals surface area contributed by atoms with Crippen LogP contribution in [0.5, 0.6) is 0 Å². The number of nitrogens with one attached hydrogen (secondary N) is 2. The highest BCUT2D eigenvalue weighted by atomic mass is 35.5. The molecular weight excluding hydrogens is 352 g/mol. The van der Waals surface area contributed by atoms with Crippen LogP contribution in [0.3, 0.4) is 0 Å². The molecule has 0 bridgehead atoms. The van der Waals surface area contributed by atoms with Crippen LogP contribution in [0, 0.1) is 0 Å². The van der Waals surface area contributed by atoms with Crippen LogP contribution in [-0.4, -0.2) is 38.7 Å². The summed E-state index contributed by atoms with van der Waals surface area (Å²) in [6, 6.07) is 14.5. The van der Waals surface area contributed by atoms with Crippen molar-refractivity contribution in [2.24, 2.45) is 5.10 Å². The first kappa shape index (κ1) is 19.5. The molecule has 0 aliphatic heterocycles. The van der Waals surface area contributed by atoms with E-state index in [-0.39, 0.29) is 24.8 Å². The third kappa shape index (κ3) is 5.89. The smallest absolute Gasteiger partial charge is 0.252 e. The van der Waals surface area contributed by atoms with Crippen LogP contribution in [-0.2, 0) is 4.79 Å². The lowest BCUT2D eigenvalue weighted by atomic mass is 10.2. The fraction of sp³-hybridized carbons (Fsp3) is 0.211. The molecule has 2 rings (SSSR count). The molecule has 0 saturated carbocycles. The lowest BCUT2D eigenvalue weighted by Crippen LogP contribution is -2.29. The van der Waals surface area contributed by atoms with Crippen LogP contribution >= 0.6 is 11.6 Å². The number of carbonyl (C=O) groups is 2. The number of hydrazone groups is 1. The molecule has 0 aliphatic carbocycles. The van der Waals surface area contributed by atoms with Gasteiger partial charge >= 0.3 is 0 Å². The lowest BCUT2D eigenvalue weighted by molar-refractivity contribution is -0.120. The van der Waals surface area contributed by atoms with Crippen molar-refractivity contribution in [1.29, 1.82) is 0 Å². The van der Waals surface area contributed by atoms with Gasteiger partial charge in [0, 0.05) is 32.7 Å². The van der Waals surface area contributed by atoms with Crippen molar-refractivity contribution < 1.29 is 9.59 Å². The third-order valence-corrected chi connectivity index (χ3v) is 3.90. The number of hydrogen-bond acceptors (Lipinski definition) is 4. The van der Waals surface area contributed by atoms with Crippen LogP contribution in [0.1, 0.15) is 22.3 Å². The van der Waals surface area contributed by atoms with Crippen molar-refractivity contribution in [2.75, 3.05) is 25.5 Å². The van der Waals surface area contributed by atoms with Gasteiger partial charge in [-0.25, -0.2) is 5.43 Å². The number of nitrogens with zero attached hydrogens (tertiary/aromatic N) is 2. The Balaban J connectivity index is 1.73.